The minimum atomic E-state index is -0.109. The molecule has 1 aromatic carbocycles. The summed E-state index contributed by atoms with van der Waals surface area (Å²) >= 11 is 10.6. The van der Waals surface area contributed by atoms with Crippen LogP contribution in [0.1, 0.15) is 0 Å². The number of amides is 1. The van der Waals surface area contributed by atoms with Crippen molar-refractivity contribution < 1.29 is 4.79 Å². The second-order valence-electron chi connectivity index (χ2n) is 4.23. The number of aromatic nitrogens is 2. The molecule has 2 aromatic rings. The molecule has 1 aromatic heterocycles. The lowest BCUT2D eigenvalue weighted by molar-refractivity contribution is -0.113. The summed E-state index contributed by atoms with van der Waals surface area (Å²) in [5, 5.41) is 12.6. The van der Waals surface area contributed by atoms with Crippen LogP contribution in [0.5, 0.6) is 0 Å². The Morgan fingerprint density at radius 3 is 3.00 bits per heavy atom. The number of aliphatic imine (C=N–C) groups is 1. The highest BCUT2D eigenvalue weighted by atomic mass is 35.5. The maximum Gasteiger partial charge on any atom is 0.236 e. The smallest absolute Gasteiger partial charge is 0.236 e. The van der Waals surface area contributed by atoms with Crippen LogP contribution in [0.25, 0.3) is 10.6 Å². The second-order valence-corrected chi connectivity index (χ2v) is 7.92. The minimum absolute atomic E-state index is 0.109. The van der Waals surface area contributed by atoms with Crippen LogP contribution in [0.3, 0.4) is 0 Å². The van der Waals surface area contributed by atoms with Crippen LogP contribution in [0.15, 0.2) is 29.3 Å². The number of hydrogen-bond donors (Lipinski definition) is 1. The number of carbonyl (C=O) groups is 1. The van der Waals surface area contributed by atoms with Crippen molar-refractivity contribution in [2.45, 2.75) is 0 Å². The number of carbonyl (C=O) groups excluding carboxylic acids is 1. The quantitative estimate of drug-likeness (QED) is 0.890. The van der Waals surface area contributed by atoms with E-state index in [4.69, 9.17) is 11.6 Å². The third kappa shape index (κ3) is 4.01. The summed E-state index contributed by atoms with van der Waals surface area (Å²) in [6, 6.07) is 7.42. The minimum Gasteiger partial charge on any atom is -0.300 e. The van der Waals surface area contributed by atoms with E-state index in [9.17, 15) is 4.79 Å². The summed E-state index contributed by atoms with van der Waals surface area (Å²) < 4.78 is 0.976. The highest BCUT2D eigenvalue weighted by Crippen LogP contribution is 2.31. The van der Waals surface area contributed by atoms with Crippen molar-refractivity contribution in [2.75, 3.05) is 23.4 Å². The summed E-state index contributed by atoms with van der Waals surface area (Å²) in [4.78, 5) is 16.2. The SMILES string of the molecule is O=C(CSC1=NCCS1)Nc1nnc(-c2ccccc2Cl)s1. The molecule has 0 saturated carbocycles. The highest BCUT2D eigenvalue weighted by molar-refractivity contribution is 8.39. The van der Waals surface area contributed by atoms with Gasteiger partial charge in [-0.15, -0.1) is 10.2 Å². The molecule has 0 unspecified atom stereocenters. The Labute approximate surface area is 145 Å². The Balaban J connectivity index is 1.59. The first-order chi connectivity index (χ1) is 10.7. The summed E-state index contributed by atoms with van der Waals surface area (Å²) in [5.74, 6) is 1.22. The Kier molecular flexibility index (Phi) is 5.35. The average molecular weight is 371 g/mol. The van der Waals surface area contributed by atoms with Crippen LogP contribution < -0.4 is 5.32 Å². The van der Waals surface area contributed by atoms with E-state index in [1.165, 1.54) is 23.1 Å². The molecule has 0 aliphatic carbocycles. The van der Waals surface area contributed by atoms with Gasteiger partial charge in [0.1, 0.15) is 4.38 Å². The van der Waals surface area contributed by atoms with Gasteiger partial charge in [0.25, 0.3) is 0 Å². The second kappa shape index (κ2) is 7.45. The predicted octanol–water partition coefficient (Wildman–Crippen LogP) is 3.63. The number of thioether (sulfide) groups is 2. The summed E-state index contributed by atoms with van der Waals surface area (Å²) in [6.45, 7) is 0.839. The van der Waals surface area contributed by atoms with Gasteiger partial charge in [0.15, 0.2) is 5.01 Å². The van der Waals surface area contributed by atoms with E-state index in [1.807, 2.05) is 18.2 Å². The van der Waals surface area contributed by atoms with Crippen molar-refractivity contribution in [2.24, 2.45) is 4.99 Å². The molecule has 1 amide bonds. The van der Waals surface area contributed by atoms with Gasteiger partial charge in [0, 0.05) is 11.3 Å². The van der Waals surface area contributed by atoms with Crippen LogP contribution in [-0.2, 0) is 4.79 Å². The van der Waals surface area contributed by atoms with Crippen molar-refractivity contribution in [1.29, 1.82) is 0 Å². The van der Waals surface area contributed by atoms with E-state index < -0.39 is 0 Å². The zero-order valence-corrected chi connectivity index (χ0v) is 14.5. The molecule has 3 rings (SSSR count). The van der Waals surface area contributed by atoms with Crippen molar-refractivity contribution >= 4 is 61.9 Å². The fraction of sp³-hybridized carbons (Fsp3) is 0.231. The van der Waals surface area contributed by atoms with Gasteiger partial charge >= 0.3 is 0 Å². The number of rotatable bonds is 4. The Bertz CT molecular complexity index is 719. The van der Waals surface area contributed by atoms with Crippen molar-refractivity contribution in [1.82, 2.24) is 10.2 Å². The van der Waals surface area contributed by atoms with Gasteiger partial charge in [-0.25, -0.2) is 0 Å². The average Bonchev–Trinajstić information content (AvgIpc) is 3.17. The number of benzene rings is 1. The lowest BCUT2D eigenvalue weighted by Crippen LogP contribution is -2.14. The normalized spacial score (nSPS) is 14.0. The molecule has 0 spiro atoms. The third-order valence-corrected chi connectivity index (χ3v) is 6.11. The van der Waals surface area contributed by atoms with E-state index in [2.05, 4.69) is 20.5 Å². The number of anilines is 1. The van der Waals surface area contributed by atoms with Crippen molar-refractivity contribution in [3.8, 4) is 10.6 Å². The van der Waals surface area contributed by atoms with Gasteiger partial charge in [0.05, 0.1) is 17.3 Å². The first-order valence-corrected chi connectivity index (χ1v) is 9.57. The zero-order valence-electron chi connectivity index (χ0n) is 11.3. The molecule has 5 nitrogen and oxygen atoms in total. The molecule has 1 aliphatic heterocycles. The van der Waals surface area contributed by atoms with Crippen molar-refractivity contribution in [3.05, 3.63) is 29.3 Å². The first-order valence-electron chi connectivity index (χ1n) is 6.40. The van der Waals surface area contributed by atoms with Crippen LogP contribution in [0.4, 0.5) is 5.13 Å². The van der Waals surface area contributed by atoms with Gasteiger partial charge < -0.3 is 0 Å². The van der Waals surface area contributed by atoms with Gasteiger partial charge in [-0.05, 0) is 6.07 Å². The molecule has 9 heteroatoms. The molecule has 0 bridgehead atoms. The fourth-order valence-electron chi connectivity index (χ4n) is 1.70. The monoisotopic (exact) mass is 370 g/mol. The molecular formula is C13H11ClN4OS3. The van der Waals surface area contributed by atoms with Gasteiger partial charge in [-0.3, -0.25) is 15.1 Å². The third-order valence-electron chi connectivity index (χ3n) is 2.66. The van der Waals surface area contributed by atoms with E-state index in [0.29, 0.717) is 20.9 Å². The van der Waals surface area contributed by atoms with E-state index >= 15 is 0 Å². The molecule has 0 atom stereocenters. The van der Waals surface area contributed by atoms with E-state index in [0.717, 1.165) is 22.2 Å². The number of halogens is 1. The molecule has 114 valence electrons. The summed E-state index contributed by atoms with van der Waals surface area (Å²) in [5.41, 5.74) is 0.813. The molecule has 0 radical (unpaired) electrons. The highest BCUT2D eigenvalue weighted by Gasteiger charge is 2.14. The van der Waals surface area contributed by atoms with Crippen LogP contribution in [0, 0.1) is 0 Å². The van der Waals surface area contributed by atoms with Gasteiger partial charge in [-0.2, -0.15) is 0 Å². The van der Waals surface area contributed by atoms with Crippen LogP contribution in [-0.4, -0.2) is 38.5 Å². The Hall–Kier alpha value is -1.09. The number of hydrogen-bond acceptors (Lipinski definition) is 7. The van der Waals surface area contributed by atoms with Gasteiger partial charge in [0.2, 0.25) is 11.0 Å². The molecule has 1 aliphatic rings. The largest absolute Gasteiger partial charge is 0.300 e. The topological polar surface area (TPSA) is 67.2 Å². The first kappa shape index (κ1) is 15.8. The fourth-order valence-corrected chi connectivity index (χ4v) is 4.59. The summed E-state index contributed by atoms with van der Waals surface area (Å²) in [7, 11) is 0. The lowest BCUT2D eigenvalue weighted by Gasteiger charge is -2.00. The molecule has 22 heavy (non-hydrogen) atoms. The van der Waals surface area contributed by atoms with Crippen LogP contribution in [0.2, 0.25) is 5.02 Å². The predicted molar refractivity (Wildman–Crippen MR) is 96.2 cm³/mol. The summed E-state index contributed by atoms with van der Waals surface area (Å²) in [6.07, 6.45) is 0. The zero-order chi connectivity index (χ0) is 15.4. The Morgan fingerprint density at radius 2 is 2.23 bits per heavy atom. The Morgan fingerprint density at radius 1 is 1.36 bits per heavy atom. The van der Waals surface area contributed by atoms with Crippen LogP contribution >= 0.6 is 46.5 Å². The van der Waals surface area contributed by atoms with Crippen molar-refractivity contribution in [3.63, 3.8) is 0 Å². The van der Waals surface area contributed by atoms with E-state index in [1.54, 1.807) is 17.8 Å². The maximum atomic E-state index is 11.9. The molecular weight excluding hydrogens is 360 g/mol. The lowest BCUT2D eigenvalue weighted by atomic mass is 10.2. The molecule has 2 heterocycles. The number of nitrogens with zero attached hydrogens (tertiary/aromatic N) is 3. The molecule has 0 fully saturated rings. The molecule has 0 saturated heterocycles. The maximum absolute atomic E-state index is 11.9. The standard InChI is InChI=1S/C13H11ClN4OS3/c14-9-4-2-1-3-8(9)11-17-18-12(22-11)16-10(19)7-21-13-15-5-6-20-13/h1-4H,5-7H2,(H,16,18,19). The number of nitrogens with one attached hydrogen (secondary N) is 1. The van der Waals surface area contributed by atoms with Gasteiger partial charge in [-0.1, -0.05) is 64.7 Å². The van der Waals surface area contributed by atoms with E-state index in [-0.39, 0.29) is 5.91 Å². The molecule has 1 N–H and O–H groups in total.